The van der Waals surface area contributed by atoms with Crippen LogP contribution in [0.25, 0.3) is 6.08 Å². The number of hydroxylamine groups is 1. The summed E-state index contributed by atoms with van der Waals surface area (Å²) in [5.74, 6) is -0.640. The average molecular weight is 162 g/mol. The molecule has 1 aromatic carbocycles. The summed E-state index contributed by atoms with van der Waals surface area (Å²) >= 11 is 0. The van der Waals surface area contributed by atoms with E-state index in [1.807, 2.05) is 30.3 Å². The van der Waals surface area contributed by atoms with Crippen LogP contribution in [0.5, 0.6) is 0 Å². The van der Waals surface area contributed by atoms with Crippen molar-refractivity contribution in [2.45, 2.75) is 0 Å². The fourth-order valence-electron chi connectivity index (χ4n) is 0.770. The molecule has 0 aromatic heterocycles. The molecule has 1 amide bonds. The summed E-state index contributed by atoms with van der Waals surface area (Å²) in [7, 11) is 0. The second-order valence-electron chi connectivity index (χ2n) is 2.21. The molecule has 1 aromatic rings. The van der Waals surface area contributed by atoms with Gasteiger partial charge in [0.2, 0.25) is 5.91 Å². The van der Waals surface area contributed by atoms with E-state index in [0.717, 1.165) is 5.56 Å². The Labute approximate surface area is 70.3 Å². The average Bonchev–Trinajstić information content (AvgIpc) is 2.16. The topological polar surface area (TPSA) is 52.2 Å². The summed E-state index contributed by atoms with van der Waals surface area (Å²) in [5, 5.41) is 9.80. The van der Waals surface area contributed by atoms with Crippen LogP contribution < -0.4 is 5.48 Å². The van der Waals surface area contributed by atoms with Crippen LogP contribution in [0, 0.1) is 5.21 Å². The fourth-order valence-corrected chi connectivity index (χ4v) is 0.770. The Bertz CT molecular complexity index is 280. The number of amides is 1. The SMILES string of the molecule is O=C(/C=C/c1ccccc1)N[O-]. The van der Waals surface area contributed by atoms with Gasteiger partial charge in [0.05, 0.1) is 0 Å². The first-order valence-corrected chi connectivity index (χ1v) is 3.48. The zero-order valence-corrected chi connectivity index (χ0v) is 6.36. The van der Waals surface area contributed by atoms with Gasteiger partial charge < -0.3 is 10.7 Å². The van der Waals surface area contributed by atoms with Gasteiger partial charge in [-0.05, 0) is 11.6 Å². The van der Waals surface area contributed by atoms with Crippen molar-refractivity contribution in [3.63, 3.8) is 0 Å². The molecule has 1 N–H and O–H groups in total. The first kappa shape index (κ1) is 8.49. The Kier molecular flexibility index (Phi) is 3.04. The van der Waals surface area contributed by atoms with Gasteiger partial charge in [0.15, 0.2) is 0 Å². The van der Waals surface area contributed by atoms with Crippen LogP contribution in [0.4, 0.5) is 0 Å². The highest BCUT2D eigenvalue weighted by Gasteiger charge is 1.85. The number of rotatable bonds is 2. The predicted octanol–water partition coefficient (Wildman–Crippen LogP) is 1.31. The number of nitrogens with one attached hydrogen (secondary N) is 1. The molecular formula is C9H8NO2-. The second-order valence-corrected chi connectivity index (χ2v) is 2.21. The predicted molar refractivity (Wildman–Crippen MR) is 47.0 cm³/mol. The molecule has 0 aliphatic carbocycles. The number of hydrogen-bond donors (Lipinski definition) is 1. The van der Waals surface area contributed by atoms with Crippen LogP contribution in [0.15, 0.2) is 36.4 Å². The minimum atomic E-state index is -0.640. The molecule has 12 heavy (non-hydrogen) atoms. The lowest BCUT2D eigenvalue weighted by Crippen LogP contribution is -2.11. The Morgan fingerprint density at radius 3 is 2.58 bits per heavy atom. The molecule has 0 aliphatic heterocycles. The smallest absolute Gasteiger partial charge is 0.233 e. The van der Waals surface area contributed by atoms with E-state index in [-0.39, 0.29) is 0 Å². The van der Waals surface area contributed by atoms with Crippen molar-refractivity contribution in [2.24, 2.45) is 0 Å². The molecule has 3 nitrogen and oxygen atoms in total. The van der Waals surface area contributed by atoms with E-state index in [9.17, 15) is 10.0 Å². The third-order valence-electron chi connectivity index (χ3n) is 1.33. The van der Waals surface area contributed by atoms with Crippen LogP contribution in [0.1, 0.15) is 5.56 Å². The van der Waals surface area contributed by atoms with Gasteiger partial charge in [-0.25, -0.2) is 0 Å². The van der Waals surface area contributed by atoms with Gasteiger partial charge in [-0.3, -0.25) is 4.79 Å². The number of benzene rings is 1. The molecule has 0 heterocycles. The monoisotopic (exact) mass is 162 g/mol. The van der Waals surface area contributed by atoms with E-state index >= 15 is 0 Å². The zero-order chi connectivity index (χ0) is 8.81. The van der Waals surface area contributed by atoms with Crippen LogP contribution in [0.3, 0.4) is 0 Å². The van der Waals surface area contributed by atoms with E-state index < -0.39 is 5.91 Å². The van der Waals surface area contributed by atoms with Gasteiger partial charge in [-0.15, -0.1) is 0 Å². The molecule has 3 heteroatoms. The number of carbonyl (C=O) groups excluding carboxylic acids is 1. The van der Waals surface area contributed by atoms with Gasteiger partial charge in [0.25, 0.3) is 0 Å². The van der Waals surface area contributed by atoms with Crippen molar-refractivity contribution in [3.8, 4) is 0 Å². The molecule has 0 saturated carbocycles. The largest absolute Gasteiger partial charge is 0.759 e. The van der Waals surface area contributed by atoms with Crippen LogP contribution in [-0.4, -0.2) is 5.91 Å². The molecule has 0 atom stereocenters. The summed E-state index contributed by atoms with van der Waals surface area (Å²) in [6, 6.07) is 9.28. The summed E-state index contributed by atoms with van der Waals surface area (Å²) in [6.45, 7) is 0. The van der Waals surface area contributed by atoms with Crippen molar-refractivity contribution >= 4 is 12.0 Å². The van der Waals surface area contributed by atoms with E-state index in [2.05, 4.69) is 0 Å². The molecule has 0 aliphatic rings. The molecular weight excluding hydrogens is 154 g/mol. The molecule has 1 rings (SSSR count). The van der Waals surface area contributed by atoms with Crippen molar-refractivity contribution < 1.29 is 4.79 Å². The maximum atomic E-state index is 10.5. The van der Waals surface area contributed by atoms with Crippen molar-refractivity contribution in [2.75, 3.05) is 0 Å². The molecule has 0 fully saturated rings. The highest BCUT2D eigenvalue weighted by atomic mass is 16.5. The first-order valence-electron chi connectivity index (χ1n) is 3.48. The van der Waals surface area contributed by atoms with E-state index in [1.54, 1.807) is 6.08 Å². The van der Waals surface area contributed by atoms with E-state index in [0.29, 0.717) is 0 Å². The van der Waals surface area contributed by atoms with Gasteiger partial charge in [-0.1, -0.05) is 30.3 Å². The fraction of sp³-hybridized carbons (Fsp3) is 0. The van der Waals surface area contributed by atoms with Crippen molar-refractivity contribution in [3.05, 3.63) is 47.2 Å². The lowest BCUT2D eigenvalue weighted by atomic mass is 10.2. The highest BCUT2D eigenvalue weighted by molar-refractivity contribution is 5.91. The van der Waals surface area contributed by atoms with Gasteiger partial charge in [0, 0.05) is 6.08 Å². The summed E-state index contributed by atoms with van der Waals surface area (Å²) < 4.78 is 0. The minimum Gasteiger partial charge on any atom is -0.759 e. The molecule has 0 spiro atoms. The minimum absolute atomic E-state index is 0.640. The maximum Gasteiger partial charge on any atom is 0.233 e. The molecule has 0 unspecified atom stereocenters. The lowest BCUT2D eigenvalue weighted by Gasteiger charge is -2.01. The number of carbonyl (C=O) groups is 1. The Hall–Kier alpha value is -1.61. The molecule has 0 saturated heterocycles. The maximum absolute atomic E-state index is 10.5. The quantitative estimate of drug-likeness (QED) is 0.526. The normalized spacial score (nSPS) is 10.1. The van der Waals surface area contributed by atoms with E-state index in [1.165, 1.54) is 11.6 Å². The van der Waals surface area contributed by atoms with Crippen LogP contribution in [-0.2, 0) is 4.79 Å². The Balaban J connectivity index is 2.64. The van der Waals surface area contributed by atoms with Gasteiger partial charge in [0.1, 0.15) is 0 Å². The Morgan fingerprint density at radius 2 is 2.00 bits per heavy atom. The summed E-state index contributed by atoms with van der Waals surface area (Å²) in [5.41, 5.74) is 2.15. The van der Waals surface area contributed by atoms with Crippen LogP contribution >= 0.6 is 0 Å². The highest BCUT2D eigenvalue weighted by Crippen LogP contribution is 1.99. The molecule has 62 valence electrons. The van der Waals surface area contributed by atoms with Crippen molar-refractivity contribution in [1.82, 2.24) is 5.48 Å². The summed E-state index contributed by atoms with van der Waals surface area (Å²) in [6.07, 6.45) is 2.77. The Morgan fingerprint density at radius 1 is 1.33 bits per heavy atom. The van der Waals surface area contributed by atoms with Gasteiger partial charge in [-0.2, -0.15) is 0 Å². The second kappa shape index (κ2) is 4.31. The standard InChI is InChI=1S/C9H8NO2/c11-9(10-12)7-6-8-4-2-1-3-5-8/h1-7H,(H-,10,11,12)/q-1/b7-6+. The number of hydrogen-bond acceptors (Lipinski definition) is 2. The van der Waals surface area contributed by atoms with Crippen molar-refractivity contribution in [1.29, 1.82) is 0 Å². The third-order valence-corrected chi connectivity index (χ3v) is 1.33. The third kappa shape index (κ3) is 2.56. The molecule has 0 radical (unpaired) electrons. The van der Waals surface area contributed by atoms with Gasteiger partial charge >= 0.3 is 0 Å². The first-order chi connectivity index (χ1) is 5.83. The molecule has 0 bridgehead atoms. The van der Waals surface area contributed by atoms with Crippen LogP contribution in [0.2, 0.25) is 0 Å². The van der Waals surface area contributed by atoms with E-state index in [4.69, 9.17) is 0 Å². The lowest BCUT2D eigenvalue weighted by molar-refractivity contribution is -0.115. The summed E-state index contributed by atoms with van der Waals surface area (Å²) in [4.78, 5) is 10.5. The zero-order valence-electron chi connectivity index (χ0n) is 6.36.